The first kappa shape index (κ1) is 44.5. The molecule has 0 bridgehead atoms. The molecule has 4 aromatic carbocycles. The van der Waals surface area contributed by atoms with Gasteiger partial charge in [0.2, 0.25) is 0 Å². The van der Waals surface area contributed by atoms with Crippen LogP contribution in [0.2, 0.25) is 0 Å². The van der Waals surface area contributed by atoms with Crippen LogP contribution in [-0.2, 0) is 0 Å². The molecular formula is C60H39N9O6. The first-order valence-electron chi connectivity index (χ1n) is 23.8. The minimum absolute atomic E-state index is 0.109. The van der Waals surface area contributed by atoms with Crippen molar-refractivity contribution < 1.29 is 27.6 Å². The Morgan fingerprint density at radius 1 is 0.333 bits per heavy atom. The third-order valence-corrected chi connectivity index (χ3v) is 13.7. The Bertz CT molecular complexity index is 3970. The molecule has 15 heteroatoms. The van der Waals surface area contributed by atoms with Crippen molar-refractivity contribution in [1.29, 1.82) is 0 Å². The van der Waals surface area contributed by atoms with E-state index in [0.717, 1.165) is 65.8 Å². The molecule has 0 aliphatic heterocycles. The Morgan fingerprint density at radius 3 is 0.920 bits per heavy atom. The van der Waals surface area contributed by atoms with Crippen LogP contribution in [0.1, 0.15) is 31.1 Å². The summed E-state index contributed by atoms with van der Waals surface area (Å²) in [6.45, 7) is 0. The maximum absolute atomic E-state index is 14.6. The van der Waals surface area contributed by atoms with Gasteiger partial charge in [0.25, 0.3) is 17.7 Å². The second-order valence-corrected chi connectivity index (χ2v) is 18.2. The van der Waals surface area contributed by atoms with Crippen LogP contribution in [-0.4, -0.2) is 68.8 Å². The number of benzene rings is 4. The van der Waals surface area contributed by atoms with Crippen LogP contribution in [0, 0.1) is 0 Å². The molecule has 0 aliphatic rings. The molecule has 360 valence electrons. The van der Waals surface area contributed by atoms with Gasteiger partial charge in [0, 0.05) is 124 Å². The largest absolute Gasteiger partial charge is 0.456 e. The van der Waals surface area contributed by atoms with E-state index in [1.165, 1.54) is 32.9 Å². The second-order valence-electron chi connectivity index (χ2n) is 18.2. The van der Waals surface area contributed by atoms with Crippen LogP contribution in [0.4, 0.5) is 17.1 Å². The summed E-state index contributed by atoms with van der Waals surface area (Å²) < 4.78 is 18.2. The van der Waals surface area contributed by atoms with Crippen molar-refractivity contribution in [1.82, 2.24) is 29.9 Å². The first-order chi connectivity index (χ1) is 36.6. The van der Waals surface area contributed by atoms with E-state index < -0.39 is 17.7 Å². The fourth-order valence-corrected chi connectivity index (χ4v) is 9.54. The fourth-order valence-electron chi connectivity index (χ4n) is 9.54. The zero-order valence-electron chi connectivity index (χ0n) is 40.3. The highest BCUT2D eigenvalue weighted by Gasteiger charge is 2.25. The van der Waals surface area contributed by atoms with E-state index in [0.29, 0.717) is 50.9 Å². The Kier molecular flexibility index (Phi) is 10.5. The summed E-state index contributed by atoms with van der Waals surface area (Å²) in [5.41, 5.74) is 10.7. The lowest BCUT2D eigenvalue weighted by Gasteiger charge is -2.22. The highest BCUT2D eigenvalue weighted by Crippen LogP contribution is 2.35. The van der Waals surface area contributed by atoms with Gasteiger partial charge >= 0.3 is 0 Å². The van der Waals surface area contributed by atoms with Crippen LogP contribution in [0.25, 0.3) is 99.6 Å². The highest BCUT2D eigenvalue weighted by atomic mass is 16.3. The summed E-state index contributed by atoms with van der Waals surface area (Å²) in [6.07, 6.45) is 15.2. The van der Waals surface area contributed by atoms with Gasteiger partial charge in [-0.2, -0.15) is 0 Å². The van der Waals surface area contributed by atoms with Crippen LogP contribution < -0.4 is 14.7 Å². The summed E-state index contributed by atoms with van der Waals surface area (Å²) in [6, 6.07) is 38.5. The monoisotopic (exact) mass is 981 g/mol. The van der Waals surface area contributed by atoms with Gasteiger partial charge in [-0.25, -0.2) is 0 Å². The lowest BCUT2D eigenvalue weighted by molar-refractivity contribution is 0.0992. The number of amides is 3. The zero-order valence-corrected chi connectivity index (χ0v) is 40.3. The lowest BCUT2D eigenvalue weighted by atomic mass is 10.0. The van der Waals surface area contributed by atoms with Gasteiger partial charge in [-0.1, -0.05) is 18.2 Å². The lowest BCUT2D eigenvalue weighted by Crippen LogP contribution is -2.31. The molecule has 0 saturated carbocycles. The number of pyridine rings is 6. The zero-order chi connectivity index (χ0) is 50.9. The Morgan fingerprint density at radius 2 is 0.640 bits per heavy atom. The van der Waals surface area contributed by atoms with Crippen LogP contribution in [0.15, 0.2) is 196 Å². The molecule has 75 heavy (non-hydrogen) atoms. The fraction of sp³-hybridized carbons (Fsp3) is 0.0500. The Labute approximate surface area is 426 Å². The second kappa shape index (κ2) is 17.7. The number of carbonyl (C=O) groups is 3. The maximum atomic E-state index is 14.6. The van der Waals surface area contributed by atoms with Gasteiger partial charge < -0.3 is 28.0 Å². The van der Waals surface area contributed by atoms with Gasteiger partial charge in [0.15, 0.2) is 0 Å². The van der Waals surface area contributed by atoms with Gasteiger partial charge in [0.05, 0.1) is 52.7 Å². The standard InChI is InChI=1S/C60H39N9O6/c1-67(40-7-13-49(64-28-40)34-4-10-43-46-31-61-19-16-52(46)73-55(43)25-34)58(70)37-22-38(59(71)68(2)41-8-14-50(65-29-41)35-5-11-44-47-32-62-20-17-53(47)74-56(44)26-35)24-39(23-37)60(72)69(3)42-9-15-51(66-30-42)36-6-12-45-48-33-63-21-18-54(48)75-57(45)27-36/h4-33H,1-3H3. The van der Waals surface area contributed by atoms with Crippen molar-refractivity contribution >= 4 is 101 Å². The molecule has 15 nitrogen and oxygen atoms in total. The normalized spacial score (nSPS) is 11.6. The number of rotatable bonds is 9. The molecule has 0 N–H and O–H groups in total. The van der Waals surface area contributed by atoms with Crippen LogP contribution >= 0.6 is 0 Å². The summed E-state index contributed by atoms with van der Waals surface area (Å²) in [7, 11) is 4.86. The van der Waals surface area contributed by atoms with E-state index in [1.54, 1.807) is 95.1 Å². The predicted molar refractivity (Wildman–Crippen MR) is 289 cm³/mol. The van der Waals surface area contributed by atoms with Crippen LogP contribution in [0.5, 0.6) is 0 Å². The Balaban J connectivity index is 0.793. The quantitative estimate of drug-likeness (QED) is 0.134. The number of furan rings is 3. The average molecular weight is 982 g/mol. The third-order valence-electron chi connectivity index (χ3n) is 13.7. The SMILES string of the molecule is CN(C(=O)c1cc(C(=O)N(C)c2ccc(-c3ccc4c(c3)oc3ccncc34)nc2)cc(C(=O)N(C)c2ccc(-c3ccc4c(c3)oc3ccncc34)nc2)c1)c1ccc(-c2ccc3c(c2)oc2ccncc23)nc1. The first-order valence-corrected chi connectivity index (χ1v) is 23.8. The number of hydrogen-bond donors (Lipinski definition) is 0. The van der Waals surface area contributed by atoms with Crippen molar-refractivity contribution in [3.63, 3.8) is 0 Å². The number of fused-ring (bicyclic) bond motifs is 9. The molecule has 0 fully saturated rings. The van der Waals surface area contributed by atoms with Crippen molar-refractivity contribution in [2.24, 2.45) is 0 Å². The summed E-state index contributed by atoms with van der Waals surface area (Å²) in [5.74, 6) is -1.41. The van der Waals surface area contributed by atoms with E-state index in [9.17, 15) is 14.4 Å². The minimum Gasteiger partial charge on any atom is -0.456 e. The number of anilines is 3. The van der Waals surface area contributed by atoms with Crippen LogP contribution in [0.3, 0.4) is 0 Å². The molecule has 3 amide bonds. The summed E-state index contributed by atoms with van der Waals surface area (Å²) in [5, 5.41) is 5.62. The van der Waals surface area contributed by atoms with Gasteiger partial charge in [0.1, 0.15) is 33.5 Å². The number of hydrogen-bond acceptors (Lipinski definition) is 12. The molecule has 0 unspecified atom stereocenters. The number of nitrogens with zero attached hydrogens (tertiary/aromatic N) is 9. The van der Waals surface area contributed by atoms with E-state index in [-0.39, 0.29) is 16.7 Å². The summed E-state index contributed by atoms with van der Waals surface area (Å²) in [4.78, 5) is 74.8. The van der Waals surface area contributed by atoms with Crippen molar-refractivity contribution in [2.75, 3.05) is 35.8 Å². The maximum Gasteiger partial charge on any atom is 0.258 e. The van der Waals surface area contributed by atoms with Crippen molar-refractivity contribution in [3.05, 3.63) is 200 Å². The van der Waals surface area contributed by atoms with E-state index in [1.807, 2.05) is 91.0 Å². The molecule has 0 atom stereocenters. The van der Waals surface area contributed by atoms with E-state index in [4.69, 9.17) is 28.2 Å². The molecule has 0 radical (unpaired) electrons. The van der Waals surface area contributed by atoms with E-state index in [2.05, 4.69) is 15.0 Å². The topological polar surface area (TPSA) is 178 Å². The Hall–Kier alpha value is -10.4. The van der Waals surface area contributed by atoms with Crippen molar-refractivity contribution in [2.45, 2.75) is 0 Å². The highest BCUT2D eigenvalue weighted by molar-refractivity contribution is 6.14. The molecule has 0 spiro atoms. The number of aromatic nitrogens is 6. The third kappa shape index (κ3) is 7.82. The molecular weight excluding hydrogens is 943 g/mol. The molecule has 9 aromatic heterocycles. The van der Waals surface area contributed by atoms with E-state index >= 15 is 0 Å². The van der Waals surface area contributed by atoms with Gasteiger partial charge in [-0.3, -0.25) is 44.3 Å². The summed E-state index contributed by atoms with van der Waals surface area (Å²) >= 11 is 0. The molecule has 0 saturated heterocycles. The molecule has 13 rings (SSSR count). The predicted octanol–water partition coefficient (Wildman–Crippen LogP) is 12.6. The van der Waals surface area contributed by atoms with Gasteiger partial charge in [-0.05, 0) is 109 Å². The van der Waals surface area contributed by atoms with Gasteiger partial charge in [-0.15, -0.1) is 0 Å². The smallest absolute Gasteiger partial charge is 0.258 e. The van der Waals surface area contributed by atoms with Crippen molar-refractivity contribution in [3.8, 4) is 33.8 Å². The molecule has 0 aliphatic carbocycles. The number of carbonyl (C=O) groups excluding carboxylic acids is 3. The average Bonchev–Trinajstić information content (AvgIpc) is 4.16. The molecule has 13 aromatic rings. The molecule has 9 heterocycles. The minimum atomic E-state index is -0.469.